The number of nitrogens with zero attached hydrogens (tertiary/aromatic N) is 4. The van der Waals surface area contributed by atoms with Crippen LogP contribution in [0.5, 0.6) is 5.75 Å². The van der Waals surface area contributed by atoms with Crippen molar-refractivity contribution in [1.82, 2.24) is 24.7 Å². The first kappa shape index (κ1) is 25.7. The molecule has 1 aliphatic heterocycles. The number of benzene rings is 1. The van der Waals surface area contributed by atoms with Crippen LogP contribution in [0.1, 0.15) is 57.1 Å². The Labute approximate surface area is 203 Å². The molecule has 3 rings (SSSR count). The highest BCUT2D eigenvalue weighted by Gasteiger charge is 2.27. The van der Waals surface area contributed by atoms with Gasteiger partial charge >= 0.3 is 6.09 Å². The van der Waals surface area contributed by atoms with Crippen molar-refractivity contribution in [1.29, 1.82) is 0 Å². The third kappa shape index (κ3) is 7.87. The maximum absolute atomic E-state index is 12.7. The van der Waals surface area contributed by atoms with Crippen molar-refractivity contribution >= 4 is 12.0 Å². The van der Waals surface area contributed by atoms with Gasteiger partial charge in [0, 0.05) is 63.5 Å². The number of carbonyl (C=O) groups excluding carboxylic acids is 2. The highest BCUT2D eigenvalue weighted by molar-refractivity contribution is 5.94. The fourth-order valence-electron chi connectivity index (χ4n) is 4.61. The number of ether oxygens (including phenoxy) is 1. The number of aryl methyl sites for hydroxylation is 1. The predicted octanol–water partition coefficient (Wildman–Crippen LogP) is 3.72. The second-order valence-electron chi connectivity index (χ2n) is 11.1. The molecule has 0 bridgehead atoms. The van der Waals surface area contributed by atoms with Crippen LogP contribution in [0.3, 0.4) is 0 Å². The van der Waals surface area contributed by atoms with E-state index in [4.69, 9.17) is 4.74 Å². The topological polar surface area (TPSA) is 79.7 Å². The Hall–Kier alpha value is -2.87. The molecule has 1 fully saturated rings. The van der Waals surface area contributed by atoms with Gasteiger partial charge in [-0.25, -0.2) is 9.78 Å². The van der Waals surface area contributed by atoms with Gasteiger partial charge in [0.2, 0.25) is 0 Å². The van der Waals surface area contributed by atoms with Crippen LogP contribution in [0.2, 0.25) is 0 Å². The summed E-state index contributed by atoms with van der Waals surface area (Å²) in [5.41, 5.74) is 1.42. The van der Waals surface area contributed by atoms with Gasteiger partial charge in [-0.05, 0) is 49.9 Å². The Balaban J connectivity index is 1.44. The number of aromatic nitrogens is 2. The molecule has 1 aliphatic rings. The van der Waals surface area contributed by atoms with Crippen LogP contribution in [0.4, 0.5) is 4.79 Å². The quantitative estimate of drug-likeness (QED) is 0.669. The lowest BCUT2D eigenvalue weighted by Crippen LogP contribution is -2.49. The van der Waals surface area contributed by atoms with Crippen LogP contribution in [0, 0.1) is 5.41 Å². The molecule has 1 saturated heterocycles. The Morgan fingerprint density at radius 3 is 2.24 bits per heavy atom. The van der Waals surface area contributed by atoms with E-state index in [9.17, 15) is 9.59 Å². The maximum Gasteiger partial charge on any atom is 0.415 e. The van der Waals surface area contributed by atoms with Gasteiger partial charge in [0.25, 0.3) is 5.91 Å². The van der Waals surface area contributed by atoms with Crippen LogP contribution in [0.25, 0.3) is 0 Å². The largest absolute Gasteiger partial charge is 0.415 e. The van der Waals surface area contributed by atoms with Crippen molar-refractivity contribution < 1.29 is 14.3 Å². The molecule has 0 unspecified atom stereocenters. The summed E-state index contributed by atoms with van der Waals surface area (Å²) in [7, 11) is 1.97. The van der Waals surface area contributed by atoms with Crippen LogP contribution in [-0.2, 0) is 13.5 Å². The molecule has 1 N–H and O–H groups in total. The Morgan fingerprint density at radius 1 is 1.03 bits per heavy atom. The van der Waals surface area contributed by atoms with E-state index < -0.39 is 0 Å². The summed E-state index contributed by atoms with van der Waals surface area (Å²) in [6.45, 7) is 14.3. The van der Waals surface area contributed by atoms with E-state index in [-0.39, 0.29) is 23.0 Å². The van der Waals surface area contributed by atoms with Crippen LogP contribution in [0.15, 0.2) is 36.8 Å². The smallest absolute Gasteiger partial charge is 0.410 e. The molecular weight excluding hydrogens is 430 g/mol. The van der Waals surface area contributed by atoms with Gasteiger partial charge in [-0.1, -0.05) is 20.8 Å². The number of hydrogen-bond acceptors (Lipinski definition) is 5. The summed E-state index contributed by atoms with van der Waals surface area (Å²) in [5, 5.41) is 3.10. The monoisotopic (exact) mass is 469 g/mol. The van der Waals surface area contributed by atoms with E-state index in [0.29, 0.717) is 24.4 Å². The van der Waals surface area contributed by atoms with Gasteiger partial charge in [0.15, 0.2) is 0 Å². The van der Waals surface area contributed by atoms with E-state index in [0.717, 1.165) is 38.2 Å². The van der Waals surface area contributed by atoms with E-state index in [1.807, 2.05) is 38.0 Å². The zero-order valence-corrected chi connectivity index (χ0v) is 21.4. The van der Waals surface area contributed by atoms with Gasteiger partial charge in [0.1, 0.15) is 5.75 Å². The SMILES string of the molecule is Cn1cnc(CCN2CCN(C(=O)Oc3ccc(C(=O)NC(C)(C)CC(C)(C)C)cc3)CC2)c1. The lowest BCUT2D eigenvalue weighted by molar-refractivity contribution is 0.0891. The van der Waals surface area contributed by atoms with Crippen molar-refractivity contribution in [3.05, 3.63) is 48.0 Å². The summed E-state index contributed by atoms with van der Waals surface area (Å²) in [5.74, 6) is 0.307. The van der Waals surface area contributed by atoms with Crippen molar-refractivity contribution in [2.45, 2.75) is 53.0 Å². The van der Waals surface area contributed by atoms with Gasteiger partial charge in [0.05, 0.1) is 12.0 Å². The summed E-state index contributed by atoms with van der Waals surface area (Å²) in [4.78, 5) is 33.7. The molecule has 2 aromatic rings. The van der Waals surface area contributed by atoms with Gasteiger partial charge in [-0.15, -0.1) is 0 Å². The molecule has 34 heavy (non-hydrogen) atoms. The zero-order valence-electron chi connectivity index (χ0n) is 21.4. The molecule has 0 saturated carbocycles. The molecule has 0 spiro atoms. The molecule has 8 nitrogen and oxygen atoms in total. The summed E-state index contributed by atoms with van der Waals surface area (Å²) in [6, 6.07) is 6.74. The van der Waals surface area contributed by atoms with Crippen molar-refractivity contribution in [3.8, 4) is 5.75 Å². The number of amides is 2. The molecule has 2 amide bonds. The molecule has 2 heterocycles. The molecule has 0 atom stereocenters. The average Bonchev–Trinajstić information content (AvgIpc) is 3.16. The minimum Gasteiger partial charge on any atom is -0.410 e. The first-order valence-corrected chi connectivity index (χ1v) is 12.0. The molecule has 186 valence electrons. The minimum absolute atomic E-state index is 0.111. The lowest BCUT2D eigenvalue weighted by Gasteiger charge is -2.34. The number of rotatable bonds is 7. The first-order chi connectivity index (χ1) is 15.9. The number of piperazine rings is 1. The molecule has 1 aromatic carbocycles. The van der Waals surface area contributed by atoms with Crippen molar-refractivity contribution in [2.75, 3.05) is 32.7 Å². The number of nitrogens with one attached hydrogen (secondary N) is 1. The second kappa shape index (κ2) is 10.6. The van der Waals surface area contributed by atoms with E-state index in [2.05, 4.69) is 36.0 Å². The first-order valence-electron chi connectivity index (χ1n) is 12.0. The van der Waals surface area contributed by atoms with Crippen LogP contribution < -0.4 is 10.1 Å². The minimum atomic E-state index is -0.354. The van der Waals surface area contributed by atoms with Crippen LogP contribution in [-0.4, -0.2) is 69.6 Å². The normalized spacial score (nSPS) is 15.3. The molecule has 0 aliphatic carbocycles. The lowest BCUT2D eigenvalue weighted by atomic mass is 9.81. The Kier molecular flexibility index (Phi) is 8.02. The Bertz CT molecular complexity index is 967. The fraction of sp³-hybridized carbons (Fsp3) is 0.577. The maximum atomic E-state index is 12.7. The van der Waals surface area contributed by atoms with E-state index in [1.54, 1.807) is 29.2 Å². The third-order valence-electron chi connectivity index (χ3n) is 5.82. The third-order valence-corrected chi connectivity index (χ3v) is 5.82. The van der Waals surface area contributed by atoms with Crippen molar-refractivity contribution in [2.24, 2.45) is 12.5 Å². The highest BCUT2D eigenvalue weighted by Crippen LogP contribution is 2.27. The van der Waals surface area contributed by atoms with Gasteiger partial charge in [-0.2, -0.15) is 0 Å². The van der Waals surface area contributed by atoms with E-state index >= 15 is 0 Å². The summed E-state index contributed by atoms with van der Waals surface area (Å²) in [6.07, 6.45) is 5.26. The van der Waals surface area contributed by atoms with Gasteiger partial charge in [-0.3, -0.25) is 9.69 Å². The summed E-state index contributed by atoms with van der Waals surface area (Å²) < 4.78 is 7.50. The summed E-state index contributed by atoms with van der Waals surface area (Å²) >= 11 is 0. The predicted molar refractivity (Wildman–Crippen MR) is 133 cm³/mol. The highest BCUT2D eigenvalue weighted by atomic mass is 16.6. The molecule has 1 aromatic heterocycles. The molecule has 0 radical (unpaired) electrons. The number of imidazole rings is 1. The second-order valence-corrected chi connectivity index (χ2v) is 11.1. The van der Waals surface area contributed by atoms with Gasteiger partial charge < -0.3 is 19.5 Å². The number of hydrogen-bond donors (Lipinski definition) is 1. The Morgan fingerprint density at radius 2 is 1.68 bits per heavy atom. The standard InChI is InChI=1S/C26H39N5O3/c1-25(2,3)18-26(4,5)28-23(32)20-7-9-22(10-8-20)34-24(33)31-15-13-30(14-16-31)12-11-21-17-29(6)19-27-21/h7-10,17,19H,11-16,18H2,1-6H3,(H,28,32). The van der Waals surface area contributed by atoms with E-state index in [1.165, 1.54) is 0 Å². The molecular formula is C26H39N5O3. The zero-order chi connectivity index (χ0) is 24.9. The van der Waals surface area contributed by atoms with Crippen molar-refractivity contribution in [3.63, 3.8) is 0 Å². The molecule has 8 heteroatoms. The number of carbonyl (C=O) groups is 2. The fourth-order valence-corrected chi connectivity index (χ4v) is 4.61. The van der Waals surface area contributed by atoms with Crippen LogP contribution >= 0.6 is 0 Å². The average molecular weight is 470 g/mol.